The first-order chi connectivity index (χ1) is 9.50. The van der Waals surface area contributed by atoms with Crippen molar-refractivity contribution in [2.24, 2.45) is 18.0 Å². The van der Waals surface area contributed by atoms with Gasteiger partial charge < -0.3 is 14.5 Å². The molecule has 1 fully saturated rings. The molecule has 1 saturated heterocycles. The largest absolute Gasteiger partial charge is 0.372 e. The molecule has 0 bridgehead atoms. The van der Waals surface area contributed by atoms with Crippen LogP contribution < -0.4 is 0 Å². The van der Waals surface area contributed by atoms with Gasteiger partial charge in [0.2, 0.25) is 0 Å². The molecule has 0 spiro atoms. The molecular weight excluding hydrogens is 254 g/mol. The molecule has 0 radical (unpaired) electrons. The molecule has 6 nitrogen and oxygen atoms in total. The molecule has 1 aromatic heterocycles. The van der Waals surface area contributed by atoms with E-state index in [1.54, 1.807) is 0 Å². The zero-order valence-corrected chi connectivity index (χ0v) is 13.1. The van der Waals surface area contributed by atoms with Crippen molar-refractivity contribution in [3.63, 3.8) is 0 Å². The van der Waals surface area contributed by atoms with Gasteiger partial charge in [-0.2, -0.15) is 5.10 Å². The van der Waals surface area contributed by atoms with E-state index in [0.29, 0.717) is 5.92 Å². The summed E-state index contributed by atoms with van der Waals surface area (Å²) in [5.41, 5.74) is 1.14. The molecular formula is C14H25N5O. The lowest BCUT2D eigenvalue weighted by atomic mass is 9.99. The van der Waals surface area contributed by atoms with Gasteiger partial charge in [0.1, 0.15) is 6.10 Å². The van der Waals surface area contributed by atoms with Crippen molar-refractivity contribution in [1.82, 2.24) is 19.6 Å². The monoisotopic (exact) mass is 279 g/mol. The molecule has 0 N–H and O–H groups in total. The Morgan fingerprint density at radius 1 is 1.40 bits per heavy atom. The molecule has 0 aromatic carbocycles. The Bertz CT molecular complexity index is 456. The smallest absolute Gasteiger partial charge is 0.195 e. The molecule has 1 aliphatic rings. The minimum Gasteiger partial charge on any atom is -0.372 e. The first kappa shape index (κ1) is 14.8. The minimum atomic E-state index is 0.108. The van der Waals surface area contributed by atoms with Gasteiger partial charge in [-0.15, -0.1) is 0 Å². The number of aryl methyl sites for hydroxylation is 1. The second-order valence-corrected chi connectivity index (χ2v) is 5.65. The number of nitrogens with zero attached hydrogens (tertiary/aromatic N) is 5. The van der Waals surface area contributed by atoms with Crippen molar-refractivity contribution in [2.75, 3.05) is 41.3 Å². The van der Waals surface area contributed by atoms with Crippen molar-refractivity contribution < 1.29 is 4.74 Å². The third-order valence-corrected chi connectivity index (χ3v) is 3.63. The van der Waals surface area contributed by atoms with E-state index in [1.807, 2.05) is 62.0 Å². The minimum absolute atomic E-state index is 0.108. The van der Waals surface area contributed by atoms with E-state index in [0.717, 1.165) is 31.2 Å². The Morgan fingerprint density at radius 2 is 2.10 bits per heavy atom. The van der Waals surface area contributed by atoms with Crippen molar-refractivity contribution >= 4 is 5.96 Å². The van der Waals surface area contributed by atoms with Gasteiger partial charge in [-0.1, -0.05) is 0 Å². The van der Waals surface area contributed by atoms with Crippen LogP contribution >= 0.6 is 0 Å². The molecule has 1 aromatic rings. The standard InChI is InChI=1S/C14H25N5O/c1-17(2)14(18(3)4)15-10-11-7-9-20-13(11)12-6-8-16-19(12)5/h6,8,11,13H,7,9-10H2,1-5H3/t11-,13+/m0/s1. The fraction of sp³-hybridized carbons (Fsp3) is 0.714. The number of hydrogen-bond acceptors (Lipinski definition) is 3. The summed E-state index contributed by atoms with van der Waals surface area (Å²) >= 11 is 0. The summed E-state index contributed by atoms with van der Waals surface area (Å²) in [4.78, 5) is 8.83. The van der Waals surface area contributed by atoms with Gasteiger partial charge in [-0.05, 0) is 12.5 Å². The van der Waals surface area contributed by atoms with E-state index in [9.17, 15) is 0 Å². The van der Waals surface area contributed by atoms with Crippen molar-refractivity contribution in [3.05, 3.63) is 18.0 Å². The quantitative estimate of drug-likeness (QED) is 0.611. The van der Waals surface area contributed by atoms with Crippen LogP contribution in [0.3, 0.4) is 0 Å². The van der Waals surface area contributed by atoms with Crippen molar-refractivity contribution in [3.8, 4) is 0 Å². The Balaban J connectivity index is 2.09. The van der Waals surface area contributed by atoms with Gasteiger partial charge in [0, 0.05) is 60.5 Å². The number of guanidine groups is 1. The molecule has 1 aliphatic heterocycles. The Morgan fingerprint density at radius 3 is 2.65 bits per heavy atom. The van der Waals surface area contributed by atoms with Crippen LogP contribution in [0.5, 0.6) is 0 Å². The van der Waals surface area contributed by atoms with Gasteiger partial charge in [0.25, 0.3) is 0 Å². The van der Waals surface area contributed by atoms with E-state index in [1.165, 1.54) is 0 Å². The molecule has 6 heteroatoms. The number of rotatable bonds is 3. The second-order valence-electron chi connectivity index (χ2n) is 5.65. The predicted octanol–water partition coefficient (Wildman–Crippen LogP) is 0.977. The normalized spacial score (nSPS) is 21.9. The fourth-order valence-corrected chi connectivity index (χ4v) is 2.69. The topological polar surface area (TPSA) is 45.9 Å². The molecule has 0 unspecified atom stereocenters. The summed E-state index contributed by atoms with van der Waals surface area (Å²) < 4.78 is 7.78. The van der Waals surface area contributed by atoms with Crippen LogP contribution in [0, 0.1) is 5.92 Å². The molecule has 0 amide bonds. The summed E-state index contributed by atoms with van der Waals surface area (Å²) in [6.45, 7) is 1.58. The van der Waals surface area contributed by atoms with Gasteiger partial charge in [-0.3, -0.25) is 9.67 Å². The van der Waals surface area contributed by atoms with Crippen LogP contribution in [0.15, 0.2) is 17.3 Å². The number of hydrogen-bond donors (Lipinski definition) is 0. The highest BCUT2D eigenvalue weighted by molar-refractivity contribution is 5.79. The van der Waals surface area contributed by atoms with Crippen LogP contribution in [-0.4, -0.2) is 66.9 Å². The summed E-state index contributed by atoms with van der Waals surface area (Å²) in [6, 6.07) is 2.03. The summed E-state index contributed by atoms with van der Waals surface area (Å²) in [5, 5.41) is 4.23. The molecule has 2 rings (SSSR count). The van der Waals surface area contributed by atoms with Crippen LogP contribution in [0.1, 0.15) is 18.2 Å². The summed E-state index contributed by atoms with van der Waals surface area (Å²) in [5.74, 6) is 1.40. The van der Waals surface area contributed by atoms with E-state index >= 15 is 0 Å². The van der Waals surface area contributed by atoms with E-state index in [4.69, 9.17) is 9.73 Å². The molecule has 0 saturated carbocycles. The average Bonchev–Trinajstić information content (AvgIpc) is 2.96. The van der Waals surface area contributed by atoms with E-state index in [-0.39, 0.29) is 6.10 Å². The summed E-state index contributed by atoms with van der Waals surface area (Å²) in [7, 11) is 10.0. The molecule has 2 heterocycles. The van der Waals surface area contributed by atoms with Crippen molar-refractivity contribution in [2.45, 2.75) is 12.5 Å². The third kappa shape index (κ3) is 3.12. The maximum absolute atomic E-state index is 5.89. The molecule has 0 aliphatic carbocycles. The highest BCUT2D eigenvalue weighted by Crippen LogP contribution is 2.34. The van der Waals surface area contributed by atoms with Gasteiger partial charge in [0.05, 0.1) is 5.69 Å². The Labute approximate surface area is 121 Å². The number of ether oxygens (including phenoxy) is 1. The third-order valence-electron chi connectivity index (χ3n) is 3.63. The maximum Gasteiger partial charge on any atom is 0.195 e. The number of aliphatic imine (C=N–C) groups is 1. The van der Waals surface area contributed by atoms with Crippen LogP contribution in [0.4, 0.5) is 0 Å². The fourth-order valence-electron chi connectivity index (χ4n) is 2.69. The van der Waals surface area contributed by atoms with Crippen LogP contribution in [0.25, 0.3) is 0 Å². The molecule has 112 valence electrons. The highest BCUT2D eigenvalue weighted by Gasteiger charge is 2.31. The predicted molar refractivity (Wildman–Crippen MR) is 79.7 cm³/mol. The first-order valence-corrected chi connectivity index (χ1v) is 6.99. The Kier molecular flexibility index (Phi) is 4.65. The van der Waals surface area contributed by atoms with Gasteiger partial charge >= 0.3 is 0 Å². The van der Waals surface area contributed by atoms with Crippen molar-refractivity contribution in [1.29, 1.82) is 0 Å². The average molecular weight is 279 g/mol. The van der Waals surface area contributed by atoms with E-state index in [2.05, 4.69) is 5.10 Å². The maximum atomic E-state index is 5.89. The first-order valence-electron chi connectivity index (χ1n) is 6.99. The highest BCUT2D eigenvalue weighted by atomic mass is 16.5. The Hall–Kier alpha value is -1.56. The van der Waals surface area contributed by atoms with Gasteiger partial charge in [0.15, 0.2) is 5.96 Å². The van der Waals surface area contributed by atoms with Crippen LogP contribution in [-0.2, 0) is 11.8 Å². The zero-order chi connectivity index (χ0) is 14.7. The van der Waals surface area contributed by atoms with Gasteiger partial charge in [-0.25, -0.2) is 0 Å². The second kappa shape index (κ2) is 6.26. The lowest BCUT2D eigenvalue weighted by Crippen LogP contribution is -2.36. The SMILES string of the molecule is CN(C)C(=NC[C@@H]1CCO[C@H]1c1ccnn1C)N(C)C. The molecule has 20 heavy (non-hydrogen) atoms. The van der Waals surface area contributed by atoms with Crippen LogP contribution in [0.2, 0.25) is 0 Å². The van der Waals surface area contributed by atoms with E-state index < -0.39 is 0 Å². The lowest BCUT2D eigenvalue weighted by Gasteiger charge is -2.24. The lowest BCUT2D eigenvalue weighted by molar-refractivity contribution is 0.0858. The molecule has 2 atom stereocenters. The summed E-state index contributed by atoms with van der Waals surface area (Å²) in [6.07, 6.45) is 2.98. The number of aromatic nitrogens is 2. The zero-order valence-electron chi connectivity index (χ0n) is 13.1.